The molecule has 2 heterocycles. The van der Waals surface area contributed by atoms with Crippen LogP contribution in [0.2, 0.25) is 0 Å². The van der Waals surface area contributed by atoms with E-state index in [4.69, 9.17) is 9.47 Å². The van der Waals surface area contributed by atoms with E-state index in [1.807, 2.05) is 32.0 Å². The summed E-state index contributed by atoms with van der Waals surface area (Å²) >= 11 is 1.45. The summed E-state index contributed by atoms with van der Waals surface area (Å²) in [7, 11) is 0. The molecule has 0 aliphatic carbocycles. The molecule has 3 unspecified atom stereocenters. The topological polar surface area (TPSA) is 76.2 Å². The van der Waals surface area contributed by atoms with Gasteiger partial charge in [-0.05, 0) is 32.9 Å². The fourth-order valence-electron chi connectivity index (χ4n) is 3.36. The Morgan fingerprint density at radius 2 is 1.93 bits per heavy atom. The van der Waals surface area contributed by atoms with Crippen LogP contribution >= 0.6 is 11.8 Å². The SMILES string of the molecule is CC1CN(C(=O)C(C)OC(=O)CN2C(=O)CSc3ccccc32)CC(C)O1. The van der Waals surface area contributed by atoms with Gasteiger partial charge in [0.15, 0.2) is 6.10 Å². The minimum Gasteiger partial charge on any atom is -0.451 e. The third-order valence-electron chi connectivity index (χ3n) is 4.48. The van der Waals surface area contributed by atoms with Gasteiger partial charge < -0.3 is 14.4 Å². The van der Waals surface area contributed by atoms with E-state index in [2.05, 4.69) is 0 Å². The fourth-order valence-corrected chi connectivity index (χ4v) is 4.29. The van der Waals surface area contributed by atoms with E-state index in [-0.39, 0.29) is 36.3 Å². The maximum atomic E-state index is 12.6. The molecule has 8 heteroatoms. The Kier molecular flexibility index (Phi) is 6.06. The third kappa shape index (κ3) is 4.62. The molecule has 0 bridgehead atoms. The Morgan fingerprint density at radius 3 is 2.63 bits per heavy atom. The first kappa shape index (κ1) is 19.7. The van der Waals surface area contributed by atoms with Crippen LogP contribution in [-0.4, -0.2) is 66.4 Å². The van der Waals surface area contributed by atoms with Crippen LogP contribution in [-0.2, 0) is 23.9 Å². The van der Waals surface area contributed by atoms with Crippen LogP contribution in [0.1, 0.15) is 20.8 Å². The summed E-state index contributed by atoms with van der Waals surface area (Å²) in [5.41, 5.74) is 0.700. The number of ether oxygens (including phenoxy) is 2. The summed E-state index contributed by atoms with van der Waals surface area (Å²) in [6.45, 7) is 6.12. The lowest BCUT2D eigenvalue weighted by atomic mass is 10.2. The molecule has 1 aromatic rings. The van der Waals surface area contributed by atoms with Gasteiger partial charge in [0.25, 0.3) is 5.91 Å². The van der Waals surface area contributed by atoms with Crippen molar-refractivity contribution < 1.29 is 23.9 Å². The number of hydrogen-bond acceptors (Lipinski definition) is 6. The fraction of sp³-hybridized carbons (Fsp3) is 0.526. The molecule has 0 spiro atoms. The first-order valence-corrected chi connectivity index (χ1v) is 9.99. The number of hydrogen-bond donors (Lipinski definition) is 0. The van der Waals surface area contributed by atoms with Crippen LogP contribution in [0, 0.1) is 0 Å². The first-order chi connectivity index (χ1) is 12.8. The van der Waals surface area contributed by atoms with E-state index in [0.717, 1.165) is 4.90 Å². The van der Waals surface area contributed by atoms with Crippen LogP contribution in [0.25, 0.3) is 0 Å². The van der Waals surface area contributed by atoms with Gasteiger partial charge in [0.2, 0.25) is 5.91 Å². The molecule has 3 rings (SSSR count). The Labute approximate surface area is 163 Å². The van der Waals surface area contributed by atoms with Crippen molar-refractivity contribution in [2.75, 3.05) is 30.3 Å². The zero-order valence-electron chi connectivity index (χ0n) is 15.7. The number of carbonyl (C=O) groups is 3. The number of carbonyl (C=O) groups excluding carboxylic acids is 3. The Bertz CT molecular complexity index is 731. The van der Waals surface area contributed by atoms with Crippen molar-refractivity contribution in [3.8, 4) is 0 Å². The molecule has 2 amide bonds. The monoisotopic (exact) mass is 392 g/mol. The highest BCUT2D eigenvalue weighted by Gasteiger charge is 2.32. The predicted octanol–water partition coefficient (Wildman–Crippen LogP) is 1.69. The van der Waals surface area contributed by atoms with Crippen LogP contribution in [0.4, 0.5) is 5.69 Å². The van der Waals surface area contributed by atoms with Crippen molar-refractivity contribution in [2.24, 2.45) is 0 Å². The van der Waals surface area contributed by atoms with Crippen LogP contribution in [0.15, 0.2) is 29.2 Å². The van der Waals surface area contributed by atoms with Crippen molar-refractivity contribution in [1.82, 2.24) is 4.90 Å². The number of morpholine rings is 1. The molecule has 0 aromatic heterocycles. The van der Waals surface area contributed by atoms with Crippen molar-refractivity contribution in [2.45, 2.75) is 44.0 Å². The lowest BCUT2D eigenvalue weighted by Gasteiger charge is -2.36. The summed E-state index contributed by atoms with van der Waals surface area (Å²) in [6.07, 6.45) is -1.01. The maximum absolute atomic E-state index is 12.6. The highest BCUT2D eigenvalue weighted by molar-refractivity contribution is 8.00. The van der Waals surface area contributed by atoms with Crippen molar-refractivity contribution >= 4 is 35.2 Å². The lowest BCUT2D eigenvalue weighted by molar-refractivity contribution is -0.163. The summed E-state index contributed by atoms with van der Waals surface area (Å²) < 4.78 is 11.0. The quantitative estimate of drug-likeness (QED) is 0.726. The van der Waals surface area contributed by atoms with E-state index < -0.39 is 12.1 Å². The van der Waals surface area contributed by atoms with Gasteiger partial charge >= 0.3 is 5.97 Å². The summed E-state index contributed by atoms with van der Waals surface area (Å²) in [6, 6.07) is 7.43. The summed E-state index contributed by atoms with van der Waals surface area (Å²) in [5, 5.41) is 0. The van der Waals surface area contributed by atoms with E-state index in [9.17, 15) is 14.4 Å². The van der Waals surface area contributed by atoms with Crippen molar-refractivity contribution in [3.63, 3.8) is 0 Å². The molecule has 0 N–H and O–H groups in total. The van der Waals surface area contributed by atoms with Gasteiger partial charge in [-0.3, -0.25) is 19.3 Å². The molecular formula is C19H24N2O5S. The third-order valence-corrected chi connectivity index (χ3v) is 5.53. The molecular weight excluding hydrogens is 368 g/mol. The highest BCUT2D eigenvalue weighted by Crippen LogP contribution is 2.34. The summed E-state index contributed by atoms with van der Waals surface area (Å²) in [4.78, 5) is 41.2. The van der Waals surface area contributed by atoms with Crippen LogP contribution in [0.5, 0.6) is 0 Å². The second-order valence-corrected chi connectivity index (χ2v) is 7.89. The second-order valence-electron chi connectivity index (χ2n) is 6.87. The van der Waals surface area contributed by atoms with E-state index in [1.54, 1.807) is 17.9 Å². The van der Waals surface area contributed by atoms with Gasteiger partial charge in [-0.1, -0.05) is 12.1 Å². The molecule has 1 aromatic carbocycles. The number of benzene rings is 1. The molecule has 2 aliphatic heterocycles. The van der Waals surface area contributed by atoms with Gasteiger partial charge in [0, 0.05) is 18.0 Å². The molecule has 146 valence electrons. The number of anilines is 1. The van der Waals surface area contributed by atoms with Gasteiger partial charge in [-0.15, -0.1) is 11.8 Å². The molecule has 7 nitrogen and oxygen atoms in total. The Balaban J connectivity index is 1.60. The normalized spacial score (nSPS) is 23.6. The molecule has 0 radical (unpaired) electrons. The van der Waals surface area contributed by atoms with Crippen molar-refractivity contribution in [3.05, 3.63) is 24.3 Å². The van der Waals surface area contributed by atoms with Crippen molar-refractivity contribution in [1.29, 1.82) is 0 Å². The highest BCUT2D eigenvalue weighted by atomic mass is 32.2. The number of nitrogens with zero attached hydrogens (tertiary/aromatic N) is 2. The van der Waals surface area contributed by atoms with E-state index in [0.29, 0.717) is 18.8 Å². The maximum Gasteiger partial charge on any atom is 0.326 e. The van der Waals surface area contributed by atoms with Gasteiger partial charge in [0.05, 0.1) is 23.6 Å². The van der Waals surface area contributed by atoms with E-state index in [1.165, 1.54) is 16.7 Å². The van der Waals surface area contributed by atoms with Gasteiger partial charge in [0.1, 0.15) is 6.54 Å². The zero-order chi connectivity index (χ0) is 19.6. The van der Waals surface area contributed by atoms with Gasteiger partial charge in [-0.2, -0.15) is 0 Å². The number of rotatable bonds is 4. The zero-order valence-corrected chi connectivity index (χ0v) is 16.5. The Hall–Kier alpha value is -2.06. The lowest BCUT2D eigenvalue weighted by Crippen LogP contribution is -2.51. The molecule has 3 atom stereocenters. The predicted molar refractivity (Wildman–Crippen MR) is 102 cm³/mol. The van der Waals surface area contributed by atoms with E-state index >= 15 is 0 Å². The minimum absolute atomic E-state index is 0.0550. The number of thioether (sulfide) groups is 1. The van der Waals surface area contributed by atoms with Gasteiger partial charge in [-0.25, -0.2) is 0 Å². The number of fused-ring (bicyclic) bond motifs is 1. The molecule has 1 fully saturated rings. The first-order valence-electron chi connectivity index (χ1n) is 9.01. The Morgan fingerprint density at radius 1 is 1.26 bits per heavy atom. The largest absolute Gasteiger partial charge is 0.451 e. The van der Waals surface area contributed by atoms with Crippen LogP contribution in [0.3, 0.4) is 0 Å². The standard InChI is InChI=1S/C19H24N2O5S/c1-12-8-20(9-13(2)25-12)19(24)14(3)26-18(23)10-21-15-6-4-5-7-16(15)27-11-17(21)22/h4-7,12-14H,8-11H2,1-3H3. The summed E-state index contributed by atoms with van der Waals surface area (Å²) in [5.74, 6) is -0.709. The molecule has 0 saturated carbocycles. The van der Waals surface area contributed by atoms with Crippen LogP contribution < -0.4 is 4.90 Å². The average molecular weight is 392 g/mol. The molecule has 27 heavy (non-hydrogen) atoms. The molecule has 2 aliphatic rings. The number of para-hydroxylation sites is 1. The smallest absolute Gasteiger partial charge is 0.326 e. The number of amides is 2. The average Bonchev–Trinajstić information content (AvgIpc) is 2.62. The minimum atomic E-state index is -0.903. The molecule has 1 saturated heterocycles. The second kappa shape index (κ2) is 8.31. The number of esters is 1.